The maximum atomic E-state index is 5.86. The average molecular weight is 379 g/mol. The minimum absolute atomic E-state index is 0.640. The van der Waals surface area contributed by atoms with Gasteiger partial charge in [0.1, 0.15) is 12.3 Å². The van der Waals surface area contributed by atoms with E-state index in [2.05, 4.69) is 43.0 Å². The number of nitrogens with one attached hydrogen (secondary N) is 2. The van der Waals surface area contributed by atoms with Crippen LogP contribution in [-0.2, 0) is 0 Å². The van der Waals surface area contributed by atoms with Gasteiger partial charge >= 0.3 is 0 Å². The van der Waals surface area contributed by atoms with Crippen LogP contribution < -0.4 is 20.3 Å². The van der Waals surface area contributed by atoms with Gasteiger partial charge in [-0.25, -0.2) is 0 Å². The molecule has 0 spiro atoms. The highest BCUT2D eigenvalue weighted by Crippen LogP contribution is 2.34. The fourth-order valence-electron chi connectivity index (χ4n) is 3.93. The Morgan fingerprint density at radius 3 is 3.04 bits per heavy atom. The number of benzene rings is 1. The lowest BCUT2D eigenvalue weighted by molar-refractivity contribution is 0.312. The number of nitrogens with zero attached hydrogens (tertiary/aromatic N) is 5. The maximum absolute atomic E-state index is 5.86. The molecule has 8 heteroatoms. The van der Waals surface area contributed by atoms with Crippen LogP contribution in [-0.4, -0.2) is 59.6 Å². The summed E-state index contributed by atoms with van der Waals surface area (Å²) in [6.45, 7) is 4.71. The normalized spacial score (nSPS) is 17.4. The molecule has 0 bridgehead atoms. The predicted octanol–water partition coefficient (Wildman–Crippen LogP) is 2.03. The molecule has 28 heavy (non-hydrogen) atoms. The SMILES string of the molecule is CN1CCOc2c1cnn1c(-c3cccc(NCC4CCNCC4)c3)nnc21. The molecule has 0 saturated carbocycles. The molecule has 8 nitrogen and oxygen atoms in total. The van der Waals surface area contributed by atoms with Gasteiger partial charge in [-0.2, -0.15) is 9.61 Å². The first-order chi connectivity index (χ1) is 13.8. The van der Waals surface area contributed by atoms with E-state index in [1.54, 1.807) is 4.52 Å². The van der Waals surface area contributed by atoms with Crippen LogP contribution in [0.15, 0.2) is 30.5 Å². The minimum atomic E-state index is 0.640. The molecule has 0 atom stereocenters. The first-order valence-electron chi connectivity index (χ1n) is 9.93. The Morgan fingerprint density at radius 2 is 2.14 bits per heavy atom. The highest BCUT2D eigenvalue weighted by molar-refractivity contribution is 5.73. The first kappa shape index (κ1) is 17.2. The molecule has 5 rings (SSSR count). The predicted molar refractivity (Wildman–Crippen MR) is 109 cm³/mol. The number of hydrogen-bond acceptors (Lipinski definition) is 7. The zero-order chi connectivity index (χ0) is 18.9. The summed E-state index contributed by atoms with van der Waals surface area (Å²) >= 11 is 0. The standard InChI is InChI=1S/C20H25N7O/c1-26-9-10-28-18-17(26)13-23-27-19(24-25-20(18)27)15-3-2-4-16(11-15)22-12-14-5-7-21-8-6-14/h2-4,11,13-14,21-22H,5-10,12H2,1H3. The van der Waals surface area contributed by atoms with Crippen LogP contribution in [0.3, 0.4) is 0 Å². The minimum Gasteiger partial charge on any atom is -0.486 e. The van der Waals surface area contributed by atoms with Crippen molar-refractivity contribution >= 4 is 17.0 Å². The van der Waals surface area contributed by atoms with Crippen molar-refractivity contribution in [3.05, 3.63) is 30.5 Å². The molecule has 0 aliphatic carbocycles. The molecular weight excluding hydrogens is 354 g/mol. The monoisotopic (exact) mass is 379 g/mol. The van der Waals surface area contributed by atoms with Crippen LogP contribution in [0.2, 0.25) is 0 Å². The largest absolute Gasteiger partial charge is 0.486 e. The number of piperidine rings is 1. The highest BCUT2D eigenvalue weighted by Gasteiger charge is 2.22. The van der Waals surface area contributed by atoms with E-state index in [4.69, 9.17) is 4.74 Å². The molecule has 0 radical (unpaired) electrons. The molecular formula is C20H25N7O. The smallest absolute Gasteiger partial charge is 0.222 e. The molecule has 2 aromatic heterocycles. The van der Waals surface area contributed by atoms with Crippen molar-refractivity contribution in [1.29, 1.82) is 0 Å². The molecule has 2 aliphatic rings. The summed E-state index contributed by atoms with van der Waals surface area (Å²) < 4.78 is 7.63. The second kappa shape index (κ2) is 7.27. The average Bonchev–Trinajstić information content (AvgIpc) is 3.18. The van der Waals surface area contributed by atoms with Crippen molar-refractivity contribution in [2.75, 3.05) is 50.1 Å². The summed E-state index contributed by atoms with van der Waals surface area (Å²) in [5.74, 6) is 2.20. The molecule has 2 aliphatic heterocycles. The van der Waals surface area contributed by atoms with E-state index in [0.29, 0.717) is 12.3 Å². The first-order valence-corrected chi connectivity index (χ1v) is 9.93. The molecule has 0 amide bonds. The summed E-state index contributed by atoms with van der Waals surface area (Å²) in [7, 11) is 2.04. The summed E-state index contributed by atoms with van der Waals surface area (Å²) in [6, 6.07) is 8.30. The second-order valence-electron chi connectivity index (χ2n) is 7.54. The maximum Gasteiger partial charge on any atom is 0.222 e. The Labute approximate surface area is 163 Å². The lowest BCUT2D eigenvalue weighted by Gasteiger charge is -2.26. The van der Waals surface area contributed by atoms with Crippen LogP contribution in [0, 0.1) is 5.92 Å². The van der Waals surface area contributed by atoms with Crippen molar-refractivity contribution in [3.63, 3.8) is 0 Å². The van der Waals surface area contributed by atoms with Gasteiger partial charge in [-0.05, 0) is 44.0 Å². The Kier molecular flexibility index (Phi) is 4.48. The van der Waals surface area contributed by atoms with Gasteiger partial charge in [0.2, 0.25) is 5.65 Å². The third kappa shape index (κ3) is 3.13. The highest BCUT2D eigenvalue weighted by atomic mass is 16.5. The van der Waals surface area contributed by atoms with Gasteiger partial charge in [-0.3, -0.25) is 0 Å². The van der Waals surface area contributed by atoms with Crippen LogP contribution in [0.25, 0.3) is 17.0 Å². The van der Waals surface area contributed by atoms with E-state index in [1.165, 1.54) is 12.8 Å². The molecule has 1 aromatic carbocycles. The van der Waals surface area contributed by atoms with Gasteiger partial charge in [0.15, 0.2) is 11.6 Å². The lowest BCUT2D eigenvalue weighted by Crippen LogP contribution is -2.31. The van der Waals surface area contributed by atoms with E-state index in [9.17, 15) is 0 Å². The van der Waals surface area contributed by atoms with Gasteiger partial charge < -0.3 is 20.3 Å². The Hall–Kier alpha value is -2.87. The Morgan fingerprint density at radius 1 is 1.25 bits per heavy atom. The molecule has 2 N–H and O–H groups in total. The number of ether oxygens (including phenoxy) is 1. The van der Waals surface area contributed by atoms with Gasteiger partial charge in [0.25, 0.3) is 0 Å². The quantitative estimate of drug-likeness (QED) is 0.718. The van der Waals surface area contributed by atoms with Crippen LogP contribution in [0.4, 0.5) is 11.4 Å². The zero-order valence-corrected chi connectivity index (χ0v) is 16.1. The molecule has 4 heterocycles. The number of fused-ring (bicyclic) bond motifs is 3. The number of anilines is 2. The summed E-state index contributed by atoms with van der Waals surface area (Å²) in [5, 5.41) is 20.3. The second-order valence-corrected chi connectivity index (χ2v) is 7.54. The lowest BCUT2D eigenvalue weighted by atomic mass is 9.98. The fraction of sp³-hybridized carbons (Fsp3) is 0.450. The van der Waals surface area contributed by atoms with Crippen molar-refractivity contribution < 1.29 is 4.74 Å². The third-order valence-corrected chi connectivity index (χ3v) is 5.63. The van der Waals surface area contributed by atoms with Gasteiger partial charge in [0, 0.05) is 24.8 Å². The topological polar surface area (TPSA) is 79.6 Å². The van der Waals surface area contributed by atoms with Gasteiger partial charge in [-0.1, -0.05) is 12.1 Å². The number of aromatic nitrogens is 4. The molecule has 1 saturated heterocycles. The fourth-order valence-corrected chi connectivity index (χ4v) is 3.93. The van der Waals surface area contributed by atoms with E-state index < -0.39 is 0 Å². The van der Waals surface area contributed by atoms with E-state index >= 15 is 0 Å². The third-order valence-electron chi connectivity index (χ3n) is 5.63. The van der Waals surface area contributed by atoms with Gasteiger partial charge in [-0.15, -0.1) is 10.2 Å². The van der Waals surface area contributed by atoms with Crippen molar-refractivity contribution in [2.45, 2.75) is 12.8 Å². The van der Waals surface area contributed by atoms with E-state index in [-0.39, 0.29) is 0 Å². The summed E-state index contributed by atoms with van der Waals surface area (Å²) in [5.41, 5.74) is 3.70. The van der Waals surface area contributed by atoms with Crippen molar-refractivity contribution in [1.82, 2.24) is 25.1 Å². The number of likely N-dealkylation sites (N-methyl/N-ethyl adjacent to an activating group) is 1. The molecule has 1 fully saturated rings. The van der Waals surface area contributed by atoms with Crippen LogP contribution >= 0.6 is 0 Å². The molecule has 0 unspecified atom stereocenters. The summed E-state index contributed by atoms with van der Waals surface area (Å²) in [4.78, 5) is 2.13. The van der Waals surface area contributed by atoms with Crippen LogP contribution in [0.1, 0.15) is 12.8 Å². The number of rotatable bonds is 4. The Balaban J connectivity index is 1.42. The number of hydrogen-bond donors (Lipinski definition) is 2. The van der Waals surface area contributed by atoms with Crippen LogP contribution in [0.5, 0.6) is 5.75 Å². The van der Waals surface area contributed by atoms with Crippen molar-refractivity contribution in [2.24, 2.45) is 5.92 Å². The molecule has 3 aromatic rings. The van der Waals surface area contributed by atoms with Crippen molar-refractivity contribution in [3.8, 4) is 17.1 Å². The summed E-state index contributed by atoms with van der Waals surface area (Å²) in [6.07, 6.45) is 4.28. The van der Waals surface area contributed by atoms with E-state index in [0.717, 1.165) is 60.6 Å². The van der Waals surface area contributed by atoms with Gasteiger partial charge in [0.05, 0.1) is 12.7 Å². The zero-order valence-electron chi connectivity index (χ0n) is 16.1. The molecule has 146 valence electrons. The Bertz CT molecular complexity index is 980. The van der Waals surface area contributed by atoms with E-state index in [1.807, 2.05) is 25.4 Å².